The highest BCUT2D eigenvalue weighted by molar-refractivity contribution is 6.06. The molecule has 3 aromatic carbocycles. The van der Waals surface area contributed by atoms with Crippen molar-refractivity contribution in [1.29, 1.82) is 0 Å². The van der Waals surface area contributed by atoms with Gasteiger partial charge >= 0.3 is 11.9 Å². The largest absolute Gasteiger partial charge is 0.465 e. The fraction of sp³-hybridized carbons (Fsp3) is 0.421. The highest BCUT2D eigenvalue weighted by Crippen LogP contribution is 2.42. The lowest BCUT2D eigenvalue weighted by atomic mass is 9.72. The first-order valence-electron chi connectivity index (χ1n) is 16.2. The van der Waals surface area contributed by atoms with Gasteiger partial charge in [0.15, 0.2) is 11.2 Å². The summed E-state index contributed by atoms with van der Waals surface area (Å²) in [6.45, 7) is 13.1. The van der Waals surface area contributed by atoms with Crippen LogP contribution < -0.4 is 0 Å². The Morgan fingerprint density at radius 3 is 1.83 bits per heavy atom. The molecule has 0 aromatic heterocycles. The first-order valence-corrected chi connectivity index (χ1v) is 16.2. The summed E-state index contributed by atoms with van der Waals surface area (Å²) in [4.78, 5) is 45.0. The third-order valence-corrected chi connectivity index (χ3v) is 9.03. The second-order valence-corrected chi connectivity index (χ2v) is 11.7. The lowest BCUT2D eigenvalue weighted by Gasteiger charge is -2.42. The summed E-state index contributed by atoms with van der Waals surface area (Å²) in [7, 11) is 0. The number of piperidine rings is 1. The van der Waals surface area contributed by atoms with E-state index in [1.54, 1.807) is 38.1 Å². The van der Waals surface area contributed by atoms with Crippen LogP contribution in [0.3, 0.4) is 0 Å². The number of carbonyl (C=O) groups is 3. The van der Waals surface area contributed by atoms with Gasteiger partial charge in [-0.2, -0.15) is 0 Å². The van der Waals surface area contributed by atoms with Crippen LogP contribution in [0.15, 0.2) is 84.9 Å². The third-order valence-electron chi connectivity index (χ3n) is 9.03. The van der Waals surface area contributed by atoms with Gasteiger partial charge in [-0.1, -0.05) is 84.9 Å². The number of rotatable bonds is 15. The molecule has 0 bridgehead atoms. The van der Waals surface area contributed by atoms with Gasteiger partial charge in [-0.3, -0.25) is 14.4 Å². The molecule has 1 aliphatic rings. The first kappa shape index (κ1) is 34.6. The lowest BCUT2D eigenvalue weighted by Crippen LogP contribution is -2.46. The van der Waals surface area contributed by atoms with E-state index in [9.17, 15) is 19.5 Å². The lowest BCUT2D eigenvalue weighted by molar-refractivity contribution is -0.165. The molecular formula is C38H44N2O6. The van der Waals surface area contributed by atoms with Crippen LogP contribution in [0.1, 0.15) is 73.0 Å². The summed E-state index contributed by atoms with van der Waals surface area (Å²) >= 11 is 0. The average molecular weight is 625 g/mol. The fourth-order valence-electron chi connectivity index (χ4n) is 6.54. The maximum atomic E-state index is 13.1. The normalized spacial score (nSPS) is 14.3. The molecule has 1 saturated heterocycles. The SMILES string of the molecule is [C-]#[N+]CCC(C(=O)OCC)(C(=O)OCC)c1ccc(C(=O)CCCN2CCC(C(O)(c3ccccc3)c3ccccc3)CC2)cc1. The average Bonchev–Trinajstić information content (AvgIpc) is 3.10. The molecule has 8 heteroatoms. The second kappa shape index (κ2) is 16.3. The summed E-state index contributed by atoms with van der Waals surface area (Å²) in [5.74, 6) is -1.47. The predicted molar refractivity (Wildman–Crippen MR) is 176 cm³/mol. The molecule has 0 spiro atoms. The monoisotopic (exact) mass is 624 g/mol. The molecule has 8 nitrogen and oxygen atoms in total. The Morgan fingerprint density at radius 1 is 0.826 bits per heavy atom. The molecule has 1 heterocycles. The molecule has 1 aliphatic heterocycles. The Hall–Kier alpha value is -4.32. The van der Waals surface area contributed by atoms with Crippen molar-refractivity contribution >= 4 is 17.7 Å². The number of likely N-dealkylation sites (tertiary alicyclic amines) is 1. The van der Waals surface area contributed by atoms with Gasteiger partial charge in [-0.05, 0) is 75.4 Å². The quantitative estimate of drug-likeness (QED) is 0.0963. The summed E-state index contributed by atoms with van der Waals surface area (Å²) in [5, 5.41) is 12.1. The van der Waals surface area contributed by atoms with Gasteiger partial charge in [0.2, 0.25) is 6.54 Å². The Morgan fingerprint density at radius 2 is 1.35 bits per heavy atom. The number of aliphatic hydroxyl groups is 1. The van der Waals surface area contributed by atoms with E-state index in [0.29, 0.717) is 24.0 Å². The van der Waals surface area contributed by atoms with Gasteiger partial charge in [-0.25, -0.2) is 6.57 Å². The van der Waals surface area contributed by atoms with Crippen LogP contribution in [-0.2, 0) is 30.1 Å². The van der Waals surface area contributed by atoms with E-state index in [4.69, 9.17) is 16.0 Å². The topological polar surface area (TPSA) is 97.5 Å². The maximum absolute atomic E-state index is 13.1. The zero-order valence-electron chi connectivity index (χ0n) is 26.8. The summed E-state index contributed by atoms with van der Waals surface area (Å²) in [5.41, 5.74) is -0.181. The Bertz CT molecular complexity index is 1420. The van der Waals surface area contributed by atoms with E-state index < -0.39 is 23.0 Å². The van der Waals surface area contributed by atoms with Crippen molar-refractivity contribution in [3.63, 3.8) is 0 Å². The smallest absolute Gasteiger partial charge is 0.328 e. The number of esters is 2. The number of ketones is 1. The van der Waals surface area contributed by atoms with Crippen LogP contribution in [0, 0.1) is 12.5 Å². The van der Waals surface area contributed by atoms with Crippen molar-refractivity contribution < 1.29 is 29.0 Å². The van der Waals surface area contributed by atoms with Gasteiger partial charge in [0.25, 0.3) is 0 Å². The highest BCUT2D eigenvalue weighted by Gasteiger charge is 2.51. The number of benzene rings is 3. The number of carbonyl (C=O) groups excluding carboxylic acids is 3. The molecule has 1 N–H and O–H groups in total. The molecule has 0 radical (unpaired) electrons. The van der Waals surface area contributed by atoms with Crippen molar-refractivity contribution in [3.8, 4) is 0 Å². The van der Waals surface area contributed by atoms with Crippen molar-refractivity contribution in [2.45, 2.75) is 57.0 Å². The minimum atomic E-state index is -1.77. The molecule has 0 atom stereocenters. The molecule has 4 rings (SSSR count). The van der Waals surface area contributed by atoms with Gasteiger partial charge in [-0.15, -0.1) is 0 Å². The second-order valence-electron chi connectivity index (χ2n) is 11.7. The molecule has 0 saturated carbocycles. The van der Waals surface area contributed by atoms with Crippen LogP contribution in [0.5, 0.6) is 0 Å². The Kier molecular flexibility index (Phi) is 12.2. The van der Waals surface area contributed by atoms with Crippen LogP contribution in [0.2, 0.25) is 0 Å². The number of Topliss-reactive ketones (excluding diaryl/α,β-unsaturated/α-hetero) is 1. The molecule has 0 aliphatic carbocycles. The van der Waals surface area contributed by atoms with Crippen LogP contribution >= 0.6 is 0 Å². The standard InChI is InChI=1S/C38H44N2O6/c1-4-45-35(42)37(24-25-39-3,36(43)46-5-2)30-20-18-29(19-21-30)34(41)17-12-26-40-27-22-33(23-28-40)38(44,31-13-8-6-9-14-31)32-15-10-7-11-16-32/h6-11,13-16,18-21,33,44H,4-5,12,17,22-28H2,1-2H3. The Labute approximate surface area is 272 Å². The zero-order valence-corrected chi connectivity index (χ0v) is 26.8. The van der Waals surface area contributed by atoms with Gasteiger partial charge in [0.05, 0.1) is 19.6 Å². The number of hydrogen-bond acceptors (Lipinski definition) is 7. The molecule has 3 aromatic rings. The van der Waals surface area contributed by atoms with Gasteiger partial charge in [0.1, 0.15) is 5.60 Å². The summed E-state index contributed by atoms with van der Waals surface area (Å²) in [6, 6.07) is 26.2. The van der Waals surface area contributed by atoms with Crippen molar-refractivity contribution in [1.82, 2.24) is 4.90 Å². The fourth-order valence-corrected chi connectivity index (χ4v) is 6.54. The number of hydrogen-bond donors (Lipinski definition) is 1. The van der Waals surface area contributed by atoms with E-state index in [-0.39, 0.29) is 37.9 Å². The van der Waals surface area contributed by atoms with E-state index in [1.165, 1.54) is 0 Å². The first-order chi connectivity index (χ1) is 22.3. The minimum Gasteiger partial charge on any atom is -0.465 e. The van der Waals surface area contributed by atoms with Crippen molar-refractivity contribution in [2.75, 3.05) is 39.4 Å². The summed E-state index contributed by atoms with van der Waals surface area (Å²) < 4.78 is 10.5. The van der Waals surface area contributed by atoms with E-state index in [2.05, 4.69) is 9.74 Å². The molecule has 1 fully saturated rings. The highest BCUT2D eigenvalue weighted by atomic mass is 16.6. The zero-order chi connectivity index (χ0) is 33.0. The predicted octanol–water partition coefficient (Wildman–Crippen LogP) is 5.97. The number of ether oxygens (including phenoxy) is 2. The van der Waals surface area contributed by atoms with E-state index in [1.807, 2.05) is 60.7 Å². The van der Waals surface area contributed by atoms with E-state index in [0.717, 1.165) is 43.6 Å². The van der Waals surface area contributed by atoms with E-state index >= 15 is 0 Å². The van der Waals surface area contributed by atoms with Gasteiger partial charge < -0.3 is 24.3 Å². The molecule has 0 unspecified atom stereocenters. The van der Waals surface area contributed by atoms with Crippen molar-refractivity contribution in [2.24, 2.45) is 5.92 Å². The maximum Gasteiger partial charge on any atom is 0.328 e. The van der Waals surface area contributed by atoms with Crippen LogP contribution in [0.25, 0.3) is 4.85 Å². The van der Waals surface area contributed by atoms with Crippen LogP contribution in [-0.4, -0.2) is 67.1 Å². The number of nitrogens with zero attached hydrogens (tertiary/aromatic N) is 2. The van der Waals surface area contributed by atoms with Crippen molar-refractivity contribution in [3.05, 3.63) is 119 Å². The third kappa shape index (κ3) is 7.55. The molecule has 0 amide bonds. The van der Waals surface area contributed by atoms with Gasteiger partial charge in [0, 0.05) is 12.0 Å². The summed E-state index contributed by atoms with van der Waals surface area (Å²) in [6.07, 6.45) is 2.65. The Balaban J connectivity index is 1.37. The van der Waals surface area contributed by atoms with Crippen LogP contribution in [0.4, 0.5) is 0 Å². The minimum absolute atomic E-state index is 0.0250. The molecular weight excluding hydrogens is 580 g/mol. The molecule has 46 heavy (non-hydrogen) atoms. The molecule has 242 valence electrons.